The molecule has 0 saturated carbocycles. The van der Waals surface area contributed by atoms with E-state index in [2.05, 4.69) is 110 Å². The summed E-state index contributed by atoms with van der Waals surface area (Å²) in [5.74, 6) is 0.740. The van der Waals surface area contributed by atoms with E-state index in [-0.39, 0.29) is 5.41 Å². The SMILES string of the molecule is CC1(C)c2ccccc2-c2ccc(C3(c4ccc(N5CCOCC5)cc4)C=Cc4c5c(c6ccccc6c4O3)-c3ccc(C(F)(F)F)cc3C5(C)C)cc21. The van der Waals surface area contributed by atoms with Gasteiger partial charge in [-0.05, 0) is 86.3 Å². The largest absolute Gasteiger partial charge is 0.472 e. The van der Waals surface area contributed by atoms with E-state index in [1.807, 2.05) is 26.0 Å². The highest BCUT2D eigenvalue weighted by Gasteiger charge is 2.46. The first-order valence-electron chi connectivity index (χ1n) is 18.8. The topological polar surface area (TPSA) is 21.7 Å². The number of fused-ring (bicyclic) bond motifs is 11. The minimum atomic E-state index is -4.44. The van der Waals surface area contributed by atoms with Gasteiger partial charge < -0.3 is 14.4 Å². The van der Waals surface area contributed by atoms with Crippen molar-refractivity contribution in [2.75, 3.05) is 31.2 Å². The van der Waals surface area contributed by atoms with Gasteiger partial charge in [0.1, 0.15) is 5.75 Å². The number of anilines is 1. The first-order valence-corrected chi connectivity index (χ1v) is 18.8. The molecule has 270 valence electrons. The summed E-state index contributed by atoms with van der Waals surface area (Å²) in [4.78, 5) is 2.35. The van der Waals surface area contributed by atoms with Gasteiger partial charge in [-0.2, -0.15) is 13.2 Å². The van der Waals surface area contributed by atoms with Crippen LogP contribution in [0.25, 0.3) is 39.1 Å². The highest BCUT2D eigenvalue weighted by Crippen LogP contribution is 2.59. The Labute approximate surface area is 313 Å². The van der Waals surface area contributed by atoms with Crippen LogP contribution in [0.2, 0.25) is 0 Å². The molecule has 0 aromatic heterocycles. The molecule has 2 heterocycles. The lowest BCUT2D eigenvalue weighted by Crippen LogP contribution is -2.37. The van der Waals surface area contributed by atoms with E-state index >= 15 is 0 Å². The molecule has 0 radical (unpaired) electrons. The summed E-state index contributed by atoms with van der Waals surface area (Å²) in [6, 6.07) is 36.5. The molecular weight excluding hydrogens is 680 g/mol. The zero-order valence-electron chi connectivity index (χ0n) is 30.8. The molecule has 2 aliphatic carbocycles. The van der Waals surface area contributed by atoms with Gasteiger partial charge in [0.15, 0.2) is 5.60 Å². The molecular formula is C48H40F3NO2. The fourth-order valence-corrected chi connectivity index (χ4v) is 9.76. The van der Waals surface area contributed by atoms with E-state index in [1.54, 1.807) is 6.07 Å². The Morgan fingerprint density at radius 3 is 2.04 bits per heavy atom. The van der Waals surface area contributed by atoms with E-state index < -0.39 is 22.8 Å². The number of halogens is 3. The molecule has 1 unspecified atom stereocenters. The summed E-state index contributed by atoms with van der Waals surface area (Å²) in [5, 5.41) is 1.90. The van der Waals surface area contributed by atoms with Gasteiger partial charge in [0.2, 0.25) is 0 Å². The maximum atomic E-state index is 14.1. The van der Waals surface area contributed by atoms with Gasteiger partial charge in [-0.3, -0.25) is 0 Å². The number of alkyl halides is 3. The Bertz CT molecular complexity index is 2560. The summed E-state index contributed by atoms with van der Waals surface area (Å²) in [7, 11) is 0. The minimum Gasteiger partial charge on any atom is -0.472 e. The van der Waals surface area contributed by atoms with Crippen molar-refractivity contribution < 1.29 is 22.6 Å². The first-order chi connectivity index (χ1) is 25.9. The number of hydrogen-bond acceptors (Lipinski definition) is 3. The Kier molecular flexibility index (Phi) is 6.99. The molecule has 10 rings (SSSR count). The zero-order valence-corrected chi connectivity index (χ0v) is 30.8. The second-order valence-corrected chi connectivity index (χ2v) is 16.2. The molecule has 2 aliphatic heterocycles. The maximum absolute atomic E-state index is 14.1. The van der Waals surface area contributed by atoms with Gasteiger partial charge in [-0.25, -0.2) is 0 Å². The third kappa shape index (κ3) is 4.59. The van der Waals surface area contributed by atoms with E-state index in [9.17, 15) is 13.2 Å². The molecule has 0 bridgehead atoms. The maximum Gasteiger partial charge on any atom is 0.416 e. The standard InChI is InChI=1S/C48H40F3NO2/c1-45(2)39-12-8-7-9-33(39)34-19-15-30(27-40(34)45)47(29-13-17-32(18-14-29)52-23-25-53-26-24-52)22-21-38-43-42(35-10-5-6-11-36(35)44(38)54-47)37-20-16-31(48(49,50)51)28-41(37)46(43,3)4/h5-22,27-28H,23-26H2,1-4H3. The highest BCUT2D eigenvalue weighted by molar-refractivity contribution is 6.08. The van der Waals surface area contributed by atoms with Crippen LogP contribution in [0.3, 0.4) is 0 Å². The van der Waals surface area contributed by atoms with Gasteiger partial charge in [0.25, 0.3) is 0 Å². The number of rotatable bonds is 3. The van der Waals surface area contributed by atoms with Gasteiger partial charge in [0, 0.05) is 51.7 Å². The van der Waals surface area contributed by atoms with Gasteiger partial charge >= 0.3 is 6.18 Å². The summed E-state index contributed by atoms with van der Waals surface area (Å²) in [6.07, 6.45) is -0.0936. The number of hydrogen-bond donors (Lipinski definition) is 0. The van der Waals surface area contributed by atoms with Crippen LogP contribution in [0.15, 0.2) is 115 Å². The van der Waals surface area contributed by atoms with Crippen molar-refractivity contribution in [3.8, 4) is 28.0 Å². The molecule has 1 fully saturated rings. The van der Waals surface area contributed by atoms with E-state index in [0.29, 0.717) is 18.8 Å². The Morgan fingerprint density at radius 2 is 1.28 bits per heavy atom. The number of morpholine rings is 1. The van der Waals surface area contributed by atoms with Crippen LogP contribution in [-0.4, -0.2) is 26.3 Å². The van der Waals surface area contributed by atoms with Crippen LogP contribution in [-0.2, 0) is 27.3 Å². The van der Waals surface area contributed by atoms with Crippen molar-refractivity contribution in [3.63, 3.8) is 0 Å². The van der Waals surface area contributed by atoms with Crippen molar-refractivity contribution >= 4 is 22.5 Å². The summed E-state index contributed by atoms with van der Waals surface area (Å²) in [5.41, 5.74) is 10.1. The third-order valence-electron chi connectivity index (χ3n) is 12.6. The van der Waals surface area contributed by atoms with E-state index in [1.165, 1.54) is 34.4 Å². The van der Waals surface area contributed by atoms with Crippen LogP contribution < -0.4 is 9.64 Å². The van der Waals surface area contributed by atoms with Gasteiger partial charge in [-0.1, -0.05) is 113 Å². The summed E-state index contributed by atoms with van der Waals surface area (Å²) < 4.78 is 55.4. The van der Waals surface area contributed by atoms with E-state index in [4.69, 9.17) is 9.47 Å². The highest BCUT2D eigenvalue weighted by atomic mass is 19.4. The quantitative estimate of drug-likeness (QED) is 0.182. The molecule has 0 spiro atoms. The van der Waals surface area contributed by atoms with Crippen LogP contribution in [0.4, 0.5) is 18.9 Å². The lowest BCUT2D eigenvalue weighted by atomic mass is 9.75. The van der Waals surface area contributed by atoms with Gasteiger partial charge in [0.05, 0.1) is 18.8 Å². The van der Waals surface area contributed by atoms with Crippen molar-refractivity contribution in [1.29, 1.82) is 0 Å². The molecule has 6 heteroatoms. The Morgan fingerprint density at radius 1 is 0.630 bits per heavy atom. The average Bonchev–Trinajstić information content (AvgIpc) is 3.57. The smallest absolute Gasteiger partial charge is 0.416 e. The van der Waals surface area contributed by atoms with E-state index in [0.717, 1.165) is 68.7 Å². The lowest BCUT2D eigenvalue weighted by molar-refractivity contribution is -0.137. The second kappa shape index (κ2) is 11.3. The molecule has 4 aliphatic rings. The monoisotopic (exact) mass is 719 g/mol. The summed E-state index contributed by atoms with van der Waals surface area (Å²) >= 11 is 0. The van der Waals surface area contributed by atoms with Crippen LogP contribution in [0.5, 0.6) is 5.75 Å². The molecule has 0 amide bonds. The molecule has 6 aromatic carbocycles. The predicted molar refractivity (Wildman–Crippen MR) is 210 cm³/mol. The molecule has 54 heavy (non-hydrogen) atoms. The predicted octanol–water partition coefficient (Wildman–Crippen LogP) is 11.7. The van der Waals surface area contributed by atoms with Crippen LogP contribution >= 0.6 is 0 Å². The number of ether oxygens (including phenoxy) is 2. The number of benzene rings is 6. The fourth-order valence-electron chi connectivity index (χ4n) is 9.76. The Balaban J connectivity index is 1.20. The van der Waals surface area contributed by atoms with Crippen LogP contribution in [0.1, 0.15) is 72.2 Å². The number of nitrogens with zero attached hydrogens (tertiary/aromatic N) is 1. The van der Waals surface area contributed by atoms with Crippen molar-refractivity contribution in [2.45, 2.75) is 50.3 Å². The minimum absolute atomic E-state index is 0.210. The Hall–Kier alpha value is -5.33. The van der Waals surface area contributed by atoms with Gasteiger partial charge in [-0.15, -0.1) is 0 Å². The molecule has 1 atom stereocenters. The fraction of sp³-hybridized carbons (Fsp3) is 0.250. The average molecular weight is 720 g/mol. The van der Waals surface area contributed by atoms with Crippen molar-refractivity contribution in [3.05, 3.63) is 160 Å². The zero-order chi connectivity index (χ0) is 37.2. The first kappa shape index (κ1) is 33.3. The third-order valence-corrected chi connectivity index (χ3v) is 12.6. The van der Waals surface area contributed by atoms with Crippen molar-refractivity contribution in [2.24, 2.45) is 0 Å². The molecule has 0 N–H and O–H groups in total. The molecule has 1 saturated heterocycles. The lowest BCUT2D eigenvalue weighted by Gasteiger charge is -2.39. The normalized spacial score (nSPS) is 20.2. The van der Waals surface area contributed by atoms with Crippen molar-refractivity contribution in [1.82, 2.24) is 0 Å². The summed E-state index contributed by atoms with van der Waals surface area (Å²) in [6.45, 7) is 11.7. The second-order valence-electron chi connectivity index (χ2n) is 16.2. The molecule has 3 nitrogen and oxygen atoms in total. The van der Waals surface area contributed by atoms with Crippen LogP contribution in [0, 0.1) is 0 Å². The molecule has 6 aromatic rings.